The minimum atomic E-state index is 0.600. The van der Waals surface area contributed by atoms with Crippen LogP contribution in [-0.2, 0) is 0 Å². The van der Waals surface area contributed by atoms with Gasteiger partial charge in [0.1, 0.15) is 10.6 Å². The highest BCUT2D eigenvalue weighted by Gasteiger charge is 2.29. The number of nitrogens with zero attached hydrogens (tertiary/aromatic N) is 3. The molecule has 0 radical (unpaired) electrons. The van der Waals surface area contributed by atoms with Crippen molar-refractivity contribution in [2.75, 3.05) is 23.3 Å². The van der Waals surface area contributed by atoms with Crippen molar-refractivity contribution in [2.45, 2.75) is 39.7 Å². The third-order valence-electron chi connectivity index (χ3n) is 3.98. The third kappa shape index (κ3) is 2.35. The smallest absolute Gasteiger partial charge is 0.226 e. The van der Waals surface area contributed by atoms with Crippen LogP contribution in [0.25, 0.3) is 10.2 Å². The van der Waals surface area contributed by atoms with Crippen LogP contribution < -0.4 is 10.2 Å². The van der Waals surface area contributed by atoms with Gasteiger partial charge in [-0.1, -0.05) is 13.8 Å². The lowest BCUT2D eigenvalue weighted by atomic mass is 10.0. The van der Waals surface area contributed by atoms with Crippen LogP contribution in [0.5, 0.6) is 0 Å². The van der Waals surface area contributed by atoms with Gasteiger partial charge in [-0.3, -0.25) is 0 Å². The number of hydrogen-bond acceptors (Lipinski definition) is 5. The molecule has 0 aromatic carbocycles. The van der Waals surface area contributed by atoms with E-state index in [9.17, 15) is 0 Å². The number of aromatic nitrogens is 2. The second-order valence-corrected chi connectivity index (χ2v) is 6.58. The Hall–Kier alpha value is -1.36. The molecule has 0 spiro atoms. The second kappa shape index (κ2) is 5.56. The number of anilines is 2. The van der Waals surface area contributed by atoms with E-state index in [1.54, 1.807) is 11.3 Å². The van der Waals surface area contributed by atoms with Gasteiger partial charge >= 0.3 is 0 Å². The summed E-state index contributed by atoms with van der Waals surface area (Å²) in [6, 6.07) is 2.75. The molecule has 0 saturated carbocycles. The Balaban J connectivity index is 2.06. The third-order valence-corrected chi connectivity index (χ3v) is 4.79. The fourth-order valence-electron chi connectivity index (χ4n) is 3.04. The number of hydrogen-bond donors (Lipinski definition) is 1. The molecule has 1 atom stereocenters. The molecule has 3 rings (SSSR count). The largest absolute Gasteiger partial charge is 0.354 e. The van der Waals surface area contributed by atoms with Crippen molar-refractivity contribution in [3.05, 3.63) is 11.4 Å². The fourth-order valence-corrected chi connectivity index (χ4v) is 3.80. The molecular formula is C15H22N4S. The summed E-state index contributed by atoms with van der Waals surface area (Å²) in [5.74, 6) is 2.53. The maximum atomic E-state index is 4.79. The molecule has 108 valence electrons. The highest BCUT2D eigenvalue weighted by molar-refractivity contribution is 7.16. The minimum absolute atomic E-state index is 0.600. The molecule has 4 nitrogen and oxygen atoms in total. The number of fused-ring (bicyclic) bond motifs is 1. The molecule has 1 fully saturated rings. The Morgan fingerprint density at radius 2 is 2.30 bits per heavy atom. The van der Waals surface area contributed by atoms with Crippen molar-refractivity contribution in [1.82, 2.24) is 9.97 Å². The van der Waals surface area contributed by atoms with E-state index in [0.717, 1.165) is 29.7 Å². The van der Waals surface area contributed by atoms with E-state index in [4.69, 9.17) is 4.98 Å². The van der Waals surface area contributed by atoms with Gasteiger partial charge in [0.05, 0.1) is 5.39 Å². The average molecular weight is 290 g/mol. The van der Waals surface area contributed by atoms with Crippen LogP contribution in [0.4, 0.5) is 11.8 Å². The molecule has 1 aliphatic heterocycles. The summed E-state index contributed by atoms with van der Waals surface area (Å²) in [6.45, 7) is 8.65. The summed E-state index contributed by atoms with van der Waals surface area (Å²) < 4.78 is 0. The maximum absolute atomic E-state index is 4.79. The van der Waals surface area contributed by atoms with Crippen molar-refractivity contribution in [3.63, 3.8) is 0 Å². The lowest BCUT2D eigenvalue weighted by Gasteiger charge is -2.29. The quantitative estimate of drug-likeness (QED) is 0.931. The Bertz CT molecular complexity index is 593. The highest BCUT2D eigenvalue weighted by atomic mass is 32.1. The molecule has 20 heavy (non-hydrogen) atoms. The van der Waals surface area contributed by atoms with E-state index >= 15 is 0 Å². The zero-order valence-corrected chi connectivity index (χ0v) is 13.2. The van der Waals surface area contributed by atoms with E-state index in [1.165, 1.54) is 18.2 Å². The predicted molar refractivity (Wildman–Crippen MR) is 86.8 cm³/mol. The Labute approximate surface area is 124 Å². The van der Waals surface area contributed by atoms with E-state index in [0.29, 0.717) is 12.0 Å². The van der Waals surface area contributed by atoms with Crippen LogP contribution in [0.3, 0.4) is 0 Å². The molecule has 1 N–H and O–H groups in total. The summed E-state index contributed by atoms with van der Waals surface area (Å²) in [7, 11) is 0. The van der Waals surface area contributed by atoms with Crippen molar-refractivity contribution in [1.29, 1.82) is 0 Å². The lowest BCUT2D eigenvalue weighted by Crippen LogP contribution is -2.34. The Kier molecular flexibility index (Phi) is 3.78. The van der Waals surface area contributed by atoms with Gasteiger partial charge in [-0.2, -0.15) is 4.98 Å². The lowest BCUT2D eigenvalue weighted by molar-refractivity contribution is 0.490. The number of rotatable bonds is 4. The van der Waals surface area contributed by atoms with Crippen LogP contribution in [0.15, 0.2) is 11.4 Å². The van der Waals surface area contributed by atoms with Crippen LogP contribution in [0.1, 0.15) is 33.6 Å². The van der Waals surface area contributed by atoms with Gasteiger partial charge in [0, 0.05) is 19.1 Å². The van der Waals surface area contributed by atoms with Gasteiger partial charge in [-0.05, 0) is 37.1 Å². The first kappa shape index (κ1) is 13.6. The molecule has 3 heterocycles. The Morgan fingerprint density at radius 1 is 1.45 bits per heavy atom. The zero-order chi connectivity index (χ0) is 14.1. The zero-order valence-electron chi connectivity index (χ0n) is 12.4. The van der Waals surface area contributed by atoms with E-state index in [-0.39, 0.29) is 0 Å². The Morgan fingerprint density at radius 3 is 3.05 bits per heavy atom. The van der Waals surface area contributed by atoms with Crippen LogP contribution in [-0.4, -0.2) is 29.1 Å². The SMILES string of the molecule is CCNc1nc(N2CCCC2C(C)C)c2ccsc2n1. The molecular weight excluding hydrogens is 268 g/mol. The van der Waals surface area contributed by atoms with Crippen molar-refractivity contribution < 1.29 is 0 Å². The van der Waals surface area contributed by atoms with E-state index in [2.05, 4.69) is 47.4 Å². The summed E-state index contributed by atoms with van der Waals surface area (Å²) >= 11 is 1.69. The van der Waals surface area contributed by atoms with Gasteiger partial charge in [0.2, 0.25) is 5.95 Å². The van der Waals surface area contributed by atoms with E-state index < -0.39 is 0 Å². The first-order valence-corrected chi connectivity index (χ1v) is 8.34. The topological polar surface area (TPSA) is 41.1 Å². The van der Waals surface area contributed by atoms with Crippen LogP contribution >= 0.6 is 11.3 Å². The normalized spacial score (nSPS) is 19.2. The van der Waals surface area contributed by atoms with Gasteiger partial charge in [-0.25, -0.2) is 4.98 Å². The van der Waals surface area contributed by atoms with Crippen LogP contribution in [0, 0.1) is 5.92 Å². The molecule has 5 heteroatoms. The van der Waals surface area contributed by atoms with Gasteiger partial charge in [0.15, 0.2) is 0 Å². The number of nitrogens with one attached hydrogen (secondary N) is 1. The van der Waals surface area contributed by atoms with Gasteiger partial charge in [0.25, 0.3) is 0 Å². The molecule has 1 aliphatic rings. The summed E-state index contributed by atoms with van der Waals surface area (Å²) in [5, 5.41) is 6.56. The first-order chi connectivity index (χ1) is 9.70. The second-order valence-electron chi connectivity index (χ2n) is 5.69. The molecule has 0 amide bonds. The van der Waals surface area contributed by atoms with Gasteiger partial charge < -0.3 is 10.2 Å². The highest BCUT2D eigenvalue weighted by Crippen LogP contribution is 2.35. The summed E-state index contributed by atoms with van der Waals surface area (Å²) in [4.78, 5) is 13.0. The monoisotopic (exact) mass is 290 g/mol. The summed E-state index contributed by atoms with van der Waals surface area (Å²) in [5.41, 5.74) is 0. The number of thiophene rings is 1. The minimum Gasteiger partial charge on any atom is -0.354 e. The van der Waals surface area contributed by atoms with Crippen molar-refractivity contribution in [3.8, 4) is 0 Å². The van der Waals surface area contributed by atoms with Crippen molar-refractivity contribution in [2.24, 2.45) is 5.92 Å². The predicted octanol–water partition coefficient (Wildman–Crippen LogP) is 3.75. The van der Waals surface area contributed by atoms with Crippen molar-refractivity contribution >= 4 is 33.3 Å². The average Bonchev–Trinajstić information content (AvgIpc) is 3.06. The van der Waals surface area contributed by atoms with Crippen LogP contribution in [0.2, 0.25) is 0 Å². The maximum Gasteiger partial charge on any atom is 0.226 e. The van der Waals surface area contributed by atoms with E-state index in [1.807, 2.05) is 0 Å². The molecule has 0 aliphatic carbocycles. The molecule has 2 aromatic heterocycles. The van der Waals surface area contributed by atoms with Gasteiger partial charge in [-0.15, -0.1) is 11.3 Å². The molecule has 1 unspecified atom stereocenters. The first-order valence-electron chi connectivity index (χ1n) is 7.46. The molecule has 2 aromatic rings. The molecule has 0 bridgehead atoms. The molecule has 1 saturated heterocycles. The fraction of sp³-hybridized carbons (Fsp3) is 0.600. The summed E-state index contributed by atoms with van der Waals surface area (Å²) in [6.07, 6.45) is 2.53. The standard InChI is InChI=1S/C15H22N4S/c1-4-16-15-17-13(11-7-9-20-14(11)18-15)19-8-5-6-12(19)10(2)3/h7,9-10,12H,4-6,8H2,1-3H3,(H,16,17,18).